The van der Waals surface area contributed by atoms with Gasteiger partial charge in [-0.05, 0) is 42.0 Å². The van der Waals surface area contributed by atoms with Crippen molar-refractivity contribution in [2.75, 3.05) is 5.32 Å². The fraction of sp³-hybridized carbons (Fsp3) is 0.0769. The van der Waals surface area contributed by atoms with Crippen LogP contribution in [-0.4, -0.2) is 0 Å². The van der Waals surface area contributed by atoms with E-state index < -0.39 is 0 Å². The van der Waals surface area contributed by atoms with Crippen LogP contribution in [0.2, 0.25) is 10.0 Å². The lowest BCUT2D eigenvalue weighted by atomic mass is 10.2. The summed E-state index contributed by atoms with van der Waals surface area (Å²) in [6, 6.07) is 9.75. The van der Waals surface area contributed by atoms with E-state index in [2.05, 4.69) is 21.2 Å². The van der Waals surface area contributed by atoms with E-state index in [9.17, 15) is 4.39 Å². The van der Waals surface area contributed by atoms with Gasteiger partial charge in [-0.1, -0.05) is 39.1 Å². The molecule has 0 spiro atoms. The molecule has 0 radical (unpaired) electrons. The minimum Gasteiger partial charge on any atom is -0.380 e. The molecule has 0 bridgehead atoms. The zero-order chi connectivity index (χ0) is 13.1. The Morgan fingerprint density at radius 2 is 1.89 bits per heavy atom. The molecule has 94 valence electrons. The molecule has 5 heteroatoms. The van der Waals surface area contributed by atoms with Crippen LogP contribution in [0.15, 0.2) is 40.9 Å². The van der Waals surface area contributed by atoms with Crippen molar-refractivity contribution in [2.45, 2.75) is 6.54 Å². The van der Waals surface area contributed by atoms with Gasteiger partial charge in [0.05, 0.1) is 10.7 Å². The lowest BCUT2D eigenvalue weighted by Gasteiger charge is -2.10. The summed E-state index contributed by atoms with van der Waals surface area (Å²) in [5.74, 6) is -0.266. The second kappa shape index (κ2) is 5.91. The van der Waals surface area contributed by atoms with Gasteiger partial charge in [-0.25, -0.2) is 4.39 Å². The van der Waals surface area contributed by atoms with Gasteiger partial charge in [0.2, 0.25) is 0 Å². The van der Waals surface area contributed by atoms with Crippen molar-refractivity contribution in [3.8, 4) is 0 Å². The Morgan fingerprint density at radius 1 is 1.11 bits per heavy atom. The maximum Gasteiger partial charge on any atom is 0.123 e. The van der Waals surface area contributed by atoms with Gasteiger partial charge in [-0.2, -0.15) is 0 Å². The van der Waals surface area contributed by atoms with Crippen LogP contribution in [0.5, 0.6) is 0 Å². The molecule has 0 atom stereocenters. The average molecular weight is 349 g/mol. The van der Waals surface area contributed by atoms with Crippen LogP contribution < -0.4 is 5.32 Å². The van der Waals surface area contributed by atoms with Crippen LogP contribution in [0.25, 0.3) is 0 Å². The summed E-state index contributed by atoms with van der Waals surface area (Å²) in [6.07, 6.45) is 0. The SMILES string of the molecule is Fc1ccc(Br)c(CNc2ccc(Cl)cc2Cl)c1. The molecule has 0 aliphatic rings. The molecule has 0 aliphatic heterocycles. The quantitative estimate of drug-likeness (QED) is 0.771. The van der Waals surface area contributed by atoms with Gasteiger partial charge < -0.3 is 5.32 Å². The Kier molecular flexibility index (Phi) is 4.49. The summed E-state index contributed by atoms with van der Waals surface area (Å²) in [7, 11) is 0. The molecule has 0 saturated carbocycles. The van der Waals surface area contributed by atoms with Crippen molar-refractivity contribution >= 4 is 44.8 Å². The molecule has 1 nitrogen and oxygen atoms in total. The number of anilines is 1. The molecule has 2 aromatic rings. The monoisotopic (exact) mass is 347 g/mol. The zero-order valence-electron chi connectivity index (χ0n) is 9.18. The third kappa shape index (κ3) is 3.37. The number of rotatable bonds is 3. The second-order valence-electron chi connectivity index (χ2n) is 3.71. The van der Waals surface area contributed by atoms with Crippen molar-refractivity contribution in [2.24, 2.45) is 0 Å². The number of hydrogen-bond acceptors (Lipinski definition) is 1. The van der Waals surface area contributed by atoms with E-state index >= 15 is 0 Å². The third-order valence-corrected chi connectivity index (χ3v) is 3.73. The summed E-state index contributed by atoms with van der Waals surface area (Å²) in [5, 5.41) is 4.26. The highest BCUT2D eigenvalue weighted by Gasteiger charge is 2.04. The summed E-state index contributed by atoms with van der Waals surface area (Å²) < 4.78 is 14.0. The van der Waals surface area contributed by atoms with E-state index in [0.717, 1.165) is 15.7 Å². The highest BCUT2D eigenvalue weighted by molar-refractivity contribution is 9.10. The second-order valence-corrected chi connectivity index (χ2v) is 5.41. The van der Waals surface area contributed by atoms with E-state index in [1.54, 1.807) is 24.3 Å². The molecular formula is C13H9BrCl2FN. The van der Waals surface area contributed by atoms with Crippen LogP contribution in [-0.2, 0) is 6.54 Å². The first-order valence-electron chi connectivity index (χ1n) is 5.19. The van der Waals surface area contributed by atoms with E-state index in [0.29, 0.717) is 16.6 Å². The van der Waals surface area contributed by atoms with Gasteiger partial charge >= 0.3 is 0 Å². The molecule has 0 aliphatic carbocycles. The molecule has 0 fully saturated rings. The average Bonchev–Trinajstić information content (AvgIpc) is 2.32. The highest BCUT2D eigenvalue weighted by atomic mass is 79.9. The lowest BCUT2D eigenvalue weighted by Crippen LogP contribution is -2.01. The molecule has 0 aromatic heterocycles. The van der Waals surface area contributed by atoms with Crippen LogP contribution in [0.1, 0.15) is 5.56 Å². The molecular weight excluding hydrogens is 340 g/mol. The van der Waals surface area contributed by atoms with E-state index in [1.807, 2.05) is 0 Å². The first-order valence-corrected chi connectivity index (χ1v) is 6.74. The smallest absolute Gasteiger partial charge is 0.123 e. The normalized spacial score (nSPS) is 10.4. The Hall–Kier alpha value is -0.770. The van der Waals surface area contributed by atoms with E-state index in [1.165, 1.54) is 12.1 Å². The topological polar surface area (TPSA) is 12.0 Å². The molecule has 0 heterocycles. The highest BCUT2D eigenvalue weighted by Crippen LogP contribution is 2.26. The molecule has 18 heavy (non-hydrogen) atoms. The van der Waals surface area contributed by atoms with Crippen LogP contribution in [0, 0.1) is 5.82 Å². The van der Waals surface area contributed by atoms with Crippen molar-refractivity contribution in [3.63, 3.8) is 0 Å². The molecule has 1 N–H and O–H groups in total. The fourth-order valence-corrected chi connectivity index (χ4v) is 2.36. The fourth-order valence-electron chi connectivity index (χ4n) is 1.50. The zero-order valence-corrected chi connectivity index (χ0v) is 12.3. The lowest BCUT2D eigenvalue weighted by molar-refractivity contribution is 0.625. The first kappa shape index (κ1) is 13.7. The first-order chi connectivity index (χ1) is 8.56. The Labute approximate surface area is 123 Å². The summed E-state index contributed by atoms with van der Waals surface area (Å²) in [4.78, 5) is 0. The van der Waals surface area contributed by atoms with Gasteiger partial charge in [0.25, 0.3) is 0 Å². The Bertz CT molecular complexity index is 575. The van der Waals surface area contributed by atoms with Gasteiger partial charge in [-0.3, -0.25) is 0 Å². The Morgan fingerprint density at radius 3 is 2.61 bits per heavy atom. The largest absolute Gasteiger partial charge is 0.380 e. The van der Waals surface area contributed by atoms with Crippen molar-refractivity contribution in [1.29, 1.82) is 0 Å². The number of nitrogens with one attached hydrogen (secondary N) is 1. The van der Waals surface area contributed by atoms with Gasteiger partial charge in [-0.15, -0.1) is 0 Å². The predicted molar refractivity (Wildman–Crippen MR) is 77.9 cm³/mol. The minimum absolute atomic E-state index is 0.266. The summed E-state index contributed by atoms with van der Waals surface area (Å²) in [5.41, 5.74) is 1.58. The molecule has 2 rings (SSSR count). The van der Waals surface area contributed by atoms with Crippen LogP contribution >= 0.6 is 39.1 Å². The van der Waals surface area contributed by atoms with Gasteiger partial charge in [0, 0.05) is 16.0 Å². The van der Waals surface area contributed by atoms with Gasteiger partial charge in [0.15, 0.2) is 0 Å². The number of halogens is 4. The molecule has 0 saturated heterocycles. The van der Waals surface area contributed by atoms with Crippen LogP contribution in [0.4, 0.5) is 10.1 Å². The maximum absolute atomic E-state index is 13.1. The number of benzene rings is 2. The standard InChI is InChI=1S/C13H9BrCl2FN/c14-11-3-2-10(17)5-8(11)7-18-13-4-1-9(15)6-12(13)16/h1-6,18H,7H2. The van der Waals surface area contributed by atoms with Crippen molar-refractivity contribution < 1.29 is 4.39 Å². The van der Waals surface area contributed by atoms with Crippen LogP contribution in [0.3, 0.4) is 0 Å². The summed E-state index contributed by atoms with van der Waals surface area (Å²) >= 11 is 15.2. The molecule has 0 unspecified atom stereocenters. The summed E-state index contributed by atoms with van der Waals surface area (Å²) in [6.45, 7) is 0.472. The Balaban J connectivity index is 2.13. The van der Waals surface area contributed by atoms with Crippen molar-refractivity contribution in [1.82, 2.24) is 0 Å². The molecule has 2 aromatic carbocycles. The van der Waals surface area contributed by atoms with E-state index in [4.69, 9.17) is 23.2 Å². The van der Waals surface area contributed by atoms with E-state index in [-0.39, 0.29) is 5.82 Å². The van der Waals surface area contributed by atoms with Gasteiger partial charge in [0.1, 0.15) is 5.82 Å². The van der Waals surface area contributed by atoms with Crippen molar-refractivity contribution in [3.05, 3.63) is 62.3 Å². The third-order valence-electron chi connectivity index (χ3n) is 2.41. The number of hydrogen-bond donors (Lipinski definition) is 1. The minimum atomic E-state index is -0.266. The predicted octanol–water partition coefficient (Wildman–Crippen LogP) is 5.51. The molecule has 0 amide bonds. The maximum atomic E-state index is 13.1.